The van der Waals surface area contributed by atoms with Crippen LogP contribution in [0.2, 0.25) is 0 Å². The van der Waals surface area contributed by atoms with E-state index in [2.05, 4.69) is 5.32 Å². The maximum Gasteiger partial charge on any atom is 0.329 e. The second kappa shape index (κ2) is 6.78. The van der Waals surface area contributed by atoms with Crippen molar-refractivity contribution in [2.24, 2.45) is 0 Å². The summed E-state index contributed by atoms with van der Waals surface area (Å²) < 4.78 is 5.74. The molecule has 0 spiro atoms. The van der Waals surface area contributed by atoms with Crippen LogP contribution >= 0.6 is 0 Å². The van der Waals surface area contributed by atoms with Gasteiger partial charge in [-0.1, -0.05) is 0 Å². The van der Waals surface area contributed by atoms with Crippen LogP contribution in [0.25, 0.3) is 22.3 Å². The number of rotatable bonds is 3. The van der Waals surface area contributed by atoms with E-state index in [1.807, 2.05) is 0 Å². The highest BCUT2D eigenvalue weighted by atomic mass is 16.4. The highest BCUT2D eigenvalue weighted by molar-refractivity contribution is 6.24. The van der Waals surface area contributed by atoms with E-state index < -0.39 is 47.3 Å². The fraction of sp³-hybridized carbons (Fsp3) is 0.150. The average molecular weight is 412 g/mol. The fourth-order valence-corrected chi connectivity index (χ4v) is 3.32. The summed E-state index contributed by atoms with van der Waals surface area (Å²) in [6, 6.07) is 4.50. The van der Waals surface area contributed by atoms with Crippen LogP contribution in [0.5, 0.6) is 17.2 Å². The molecule has 0 unspecified atom stereocenters. The summed E-state index contributed by atoms with van der Waals surface area (Å²) in [5.41, 5.74) is -0.390. The second-order valence-corrected chi connectivity index (χ2v) is 6.83. The lowest BCUT2D eigenvalue weighted by molar-refractivity contribution is -0.119. The van der Waals surface area contributed by atoms with E-state index in [0.717, 1.165) is 17.0 Å². The first kappa shape index (κ1) is 19.3. The summed E-state index contributed by atoms with van der Waals surface area (Å²) in [4.78, 5) is 38.5. The number of hydrogen-bond acceptors (Lipinski definition) is 8. The Morgan fingerprint density at radius 2 is 1.80 bits per heavy atom. The molecule has 0 bridgehead atoms. The number of nitrogens with zero attached hydrogens (tertiary/aromatic N) is 1. The number of hydrogen-bond donors (Lipinski definition) is 5. The van der Waals surface area contributed by atoms with Gasteiger partial charge in [-0.3, -0.25) is 9.59 Å². The van der Waals surface area contributed by atoms with Crippen molar-refractivity contribution >= 4 is 28.6 Å². The molecule has 0 radical (unpaired) electrons. The first-order valence-corrected chi connectivity index (χ1v) is 8.81. The Labute approximate surface area is 168 Å². The summed E-state index contributed by atoms with van der Waals surface area (Å²) in [5.74, 6) is -2.70. The smallest absolute Gasteiger partial charge is 0.329 e. The molecule has 4 rings (SSSR count). The number of amides is 3. The SMILES string of the molecule is Cc1cc(N2C(=O)N[C@@H](CO)C2=O)c2oc(-c3ccc(O)c(O)c3)c(O)c(=O)c2c1. The van der Waals surface area contributed by atoms with Gasteiger partial charge in [0, 0.05) is 5.56 Å². The predicted octanol–water partition coefficient (Wildman–Crippen LogP) is 1.30. The Bertz CT molecular complexity index is 1280. The quantitative estimate of drug-likeness (QED) is 0.318. The number of carbonyl (C=O) groups excluding carboxylic acids is 2. The molecule has 0 saturated carbocycles. The van der Waals surface area contributed by atoms with Crippen LogP contribution in [0.1, 0.15) is 5.56 Å². The number of imide groups is 1. The van der Waals surface area contributed by atoms with Gasteiger partial charge in [-0.2, -0.15) is 0 Å². The topological polar surface area (TPSA) is 161 Å². The zero-order chi connectivity index (χ0) is 21.7. The van der Waals surface area contributed by atoms with E-state index >= 15 is 0 Å². The zero-order valence-electron chi connectivity index (χ0n) is 15.5. The maximum absolute atomic E-state index is 12.8. The van der Waals surface area contributed by atoms with Gasteiger partial charge in [0.1, 0.15) is 6.04 Å². The van der Waals surface area contributed by atoms with Gasteiger partial charge >= 0.3 is 6.03 Å². The van der Waals surface area contributed by atoms with E-state index in [9.17, 15) is 34.8 Å². The van der Waals surface area contributed by atoms with E-state index in [0.29, 0.717) is 5.56 Å². The average Bonchev–Trinajstić information content (AvgIpc) is 3.00. The van der Waals surface area contributed by atoms with Crippen LogP contribution < -0.4 is 15.6 Å². The number of urea groups is 1. The van der Waals surface area contributed by atoms with Crippen molar-refractivity contribution in [1.82, 2.24) is 5.32 Å². The molecule has 1 saturated heterocycles. The van der Waals surface area contributed by atoms with E-state index in [1.54, 1.807) is 6.92 Å². The number of aryl methyl sites for hydroxylation is 1. The third kappa shape index (κ3) is 2.81. The lowest BCUT2D eigenvalue weighted by Gasteiger charge is -2.16. The molecule has 1 fully saturated rings. The highest BCUT2D eigenvalue weighted by Gasteiger charge is 2.40. The number of fused-ring (bicyclic) bond motifs is 1. The molecule has 1 aromatic heterocycles. The monoisotopic (exact) mass is 412 g/mol. The number of carbonyl (C=O) groups is 2. The number of benzene rings is 2. The summed E-state index contributed by atoms with van der Waals surface area (Å²) in [6.07, 6.45) is 0. The minimum atomic E-state index is -1.13. The van der Waals surface area contributed by atoms with Crippen molar-refractivity contribution in [3.05, 3.63) is 46.1 Å². The van der Waals surface area contributed by atoms with Crippen LogP contribution in [0.3, 0.4) is 0 Å². The third-order valence-electron chi connectivity index (χ3n) is 4.77. The summed E-state index contributed by atoms with van der Waals surface area (Å²) in [7, 11) is 0. The number of phenolic OH excluding ortho intramolecular Hbond substituents is 2. The van der Waals surface area contributed by atoms with Crippen molar-refractivity contribution < 1.29 is 34.4 Å². The molecule has 1 aliphatic rings. The molecular formula is C20H16N2O8. The molecule has 10 nitrogen and oxygen atoms in total. The molecule has 30 heavy (non-hydrogen) atoms. The molecule has 154 valence electrons. The van der Waals surface area contributed by atoms with Gasteiger partial charge in [0.25, 0.3) is 5.91 Å². The Morgan fingerprint density at radius 1 is 1.07 bits per heavy atom. The van der Waals surface area contributed by atoms with E-state index in [4.69, 9.17) is 4.42 Å². The van der Waals surface area contributed by atoms with Crippen LogP contribution in [0.15, 0.2) is 39.5 Å². The molecular weight excluding hydrogens is 396 g/mol. The molecule has 5 N–H and O–H groups in total. The Hall–Kier alpha value is -4.05. The van der Waals surface area contributed by atoms with Crippen LogP contribution in [0.4, 0.5) is 10.5 Å². The fourth-order valence-electron chi connectivity index (χ4n) is 3.32. The summed E-state index contributed by atoms with van der Waals surface area (Å²) in [6.45, 7) is 1.03. The minimum absolute atomic E-state index is 0.0372. The lowest BCUT2D eigenvalue weighted by atomic mass is 10.1. The Balaban J connectivity index is 2.02. The molecule has 1 atom stereocenters. The molecule has 0 aliphatic carbocycles. The van der Waals surface area contributed by atoms with Crippen LogP contribution in [-0.2, 0) is 4.79 Å². The van der Waals surface area contributed by atoms with Crippen LogP contribution in [-0.4, -0.2) is 45.0 Å². The van der Waals surface area contributed by atoms with Gasteiger partial charge in [-0.05, 0) is 42.8 Å². The third-order valence-corrected chi connectivity index (χ3v) is 4.77. The van der Waals surface area contributed by atoms with Crippen molar-refractivity contribution in [3.63, 3.8) is 0 Å². The number of anilines is 1. The number of phenols is 2. The van der Waals surface area contributed by atoms with Gasteiger partial charge in [-0.15, -0.1) is 0 Å². The lowest BCUT2D eigenvalue weighted by Crippen LogP contribution is -2.33. The largest absolute Gasteiger partial charge is 0.504 e. The number of aliphatic hydroxyl groups excluding tert-OH is 1. The Kier molecular flexibility index (Phi) is 4.35. The van der Waals surface area contributed by atoms with Crippen molar-refractivity contribution in [1.29, 1.82) is 0 Å². The van der Waals surface area contributed by atoms with Gasteiger partial charge in [0.15, 0.2) is 22.8 Å². The predicted molar refractivity (Wildman–Crippen MR) is 105 cm³/mol. The molecule has 10 heteroatoms. The molecule has 2 aromatic carbocycles. The molecule has 1 aliphatic heterocycles. The number of aliphatic hydroxyl groups is 1. The van der Waals surface area contributed by atoms with Crippen molar-refractivity contribution in [3.8, 4) is 28.6 Å². The second-order valence-electron chi connectivity index (χ2n) is 6.83. The van der Waals surface area contributed by atoms with E-state index in [-0.39, 0.29) is 28.0 Å². The Morgan fingerprint density at radius 3 is 2.43 bits per heavy atom. The first-order valence-electron chi connectivity index (χ1n) is 8.81. The highest BCUT2D eigenvalue weighted by Crippen LogP contribution is 2.38. The van der Waals surface area contributed by atoms with Crippen LogP contribution in [0, 0.1) is 6.92 Å². The van der Waals surface area contributed by atoms with Gasteiger partial charge in [0.05, 0.1) is 17.7 Å². The van der Waals surface area contributed by atoms with Gasteiger partial charge in [0.2, 0.25) is 11.2 Å². The standard InChI is InChI=1S/C20H16N2O8/c1-8-4-10-15(26)16(27)17(9-2-3-13(24)14(25)6-9)30-18(10)12(5-8)22-19(28)11(7-23)21-20(22)29/h2-6,11,23-25,27H,7H2,1H3,(H,21,29)/t11-/m0/s1. The maximum atomic E-state index is 12.8. The number of nitrogens with one attached hydrogen (secondary N) is 1. The summed E-state index contributed by atoms with van der Waals surface area (Å²) >= 11 is 0. The van der Waals surface area contributed by atoms with E-state index in [1.165, 1.54) is 18.2 Å². The molecule has 3 amide bonds. The zero-order valence-corrected chi connectivity index (χ0v) is 15.5. The van der Waals surface area contributed by atoms with Gasteiger partial charge < -0.3 is 30.2 Å². The molecule has 3 aromatic rings. The van der Waals surface area contributed by atoms with Crippen molar-refractivity contribution in [2.45, 2.75) is 13.0 Å². The summed E-state index contributed by atoms with van der Waals surface area (Å²) in [5, 5.41) is 41.2. The number of aromatic hydroxyl groups is 3. The minimum Gasteiger partial charge on any atom is -0.504 e. The normalized spacial score (nSPS) is 16.3. The van der Waals surface area contributed by atoms with Crippen molar-refractivity contribution in [2.75, 3.05) is 11.5 Å². The van der Waals surface area contributed by atoms with Gasteiger partial charge in [-0.25, -0.2) is 9.69 Å². The first-order chi connectivity index (χ1) is 14.2. The molecule has 2 heterocycles.